The molecule has 1 rings (SSSR count). The second-order valence-corrected chi connectivity index (χ2v) is 5.08. The van der Waals surface area contributed by atoms with Gasteiger partial charge >= 0.3 is 0 Å². The highest BCUT2D eigenvalue weighted by molar-refractivity contribution is 6.37. The predicted octanol–water partition coefficient (Wildman–Crippen LogP) is 1.92. The highest BCUT2D eigenvalue weighted by atomic mass is 16.1. The molecule has 0 saturated carbocycles. The van der Waals surface area contributed by atoms with Gasteiger partial charge in [-0.1, -0.05) is 30.4 Å². The third-order valence-electron chi connectivity index (χ3n) is 2.80. The SMILES string of the molecule is Bc1c(C)cc(C(C)C)nc1C(=O)C=C(C)C. The summed E-state index contributed by atoms with van der Waals surface area (Å²) in [5, 5.41) is 0. The molecule has 0 radical (unpaired) electrons. The number of ketones is 1. The molecule has 0 saturated heterocycles. The van der Waals surface area contributed by atoms with E-state index in [-0.39, 0.29) is 5.78 Å². The standard InChI is InChI=1S/C14H20BNO/c1-8(2)6-12(17)14-13(15)10(5)7-11(16-14)9(3)4/h6-7,9H,15H2,1-5H3. The van der Waals surface area contributed by atoms with Gasteiger partial charge in [0.25, 0.3) is 0 Å². The van der Waals surface area contributed by atoms with Crippen molar-refractivity contribution in [3.63, 3.8) is 0 Å². The summed E-state index contributed by atoms with van der Waals surface area (Å²) in [6, 6.07) is 2.07. The molecule has 0 fully saturated rings. The van der Waals surface area contributed by atoms with Crippen LogP contribution < -0.4 is 5.46 Å². The van der Waals surface area contributed by atoms with E-state index in [9.17, 15) is 4.79 Å². The van der Waals surface area contributed by atoms with Crippen molar-refractivity contribution in [1.82, 2.24) is 4.98 Å². The van der Waals surface area contributed by atoms with Gasteiger partial charge in [-0.25, -0.2) is 4.98 Å². The Kier molecular flexibility index (Phi) is 4.27. The predicted molar refractivity (Wildman–Crippen MR) is 75.0 cm³/mol. The third kappa shape index (κ3) is 3.29. The fourth-order valence-corrected chi connectivity index (χ4v) is 1.63. The molecule has 3 heteroatoms. The largest absolute Gasteiger partial charge is 0.288 e. The number of nitrogens with zero attached hydrogens (tertiary/aromatic N) is 1. The van der Waals surface area contributed by atoms with E-state index in [0.717, 1.165) is 22.3 Å². The smallest absolute Gasteiger partial charge is 0.203 e. The summed E-state index contributed by atoms with van der Waals surface area (Å²) in [6.07, 6.45) is 1.65. The Bertz CT molecular complexity index is 471. The normalized spacial score (nSPS) is 10.5. The van der Waals surface area contributed by atoms with Crippen LogP contribution in [0.3, 0.4) is 0 Å². The molecule has 0 atom stereocenters. The van der Waals surface area contributed by atoms with Gasteiger partial charge in [-0.2, -0.15) is 0 Å². The number of hydrogen-bond acceptors (Lipinski definition) is 2. The van der Waals surface area contributed by atoms with Crippen molar-refractivity contribution in [3.05, 3.63) is 34.7 Å². The number of carbonyl (C=O) groups is 1. The number of aromatic nitrogens is 1. The molecule has 0 aliphatic carbocycles. The molecule has 0 unspecified atom stereocenters. The highest BCUT2D eigenvalue weighted by Gasteiger charge is 2.13. The monoisotopic (exact) mass is 229 g/mol. The van der Waals surface area contributed by atoms with Gasteiger partial charge < -0.3 is 0 Å². The number of aryl methyl sites for hydroxylation is 1. The molecule has 17 heavy (non-hydrogen) atoms. The molecule has 1 aromatic rings. The lowest BCUT2D eigenvalue weighted by atomic mass is 9.86. The van der Waals surface area contributed by atoms with Crippen LogP contribution in [0.25, 0.3) is 0 Å². The first-order chi connectivity index (χ1) is 7.82. The number of allylic oxidation sites excluding steroid dienone is 2. The maximum Gasteiger partial charge on any atom is 0.203 e. The lowest BCUT2D eigenvalue weighted by Crippen LogP contribution is -2.22. The second-order valence-electron chi connectivity index (χ2n) is 5.08. The Morgan fingerprint density at radius 3 is 2.47 bits per heavy atom. The molecule has 0 aromatic carbocycles. The van der Waals surface area contributed by atoms with Gasteiger partial charge in [0.05, 0.1) is 0 Å². The molecule has 0 aliphatic heterocycles. The first kappa shape index (κ1) is 13.7. The van der Waals surface area contributed by atoms with Crippen LogP contribution in [0.5, 0.6) is 0 Å². The fourth-order valence-electron chi connectivity index (χ4n) is 1.63. The Labute approximate surface area is 105 Å². The summed E-state index contributed by atoms with van der Waals surface area (Å²) in [5.41, 5.74) is 4.70. The maximum atomic E-state index is 12.1. The van der Waals surface area contributed by atoms with Gasteiger partial charge in [0.1, 0.15) is 13.5 Å². The minimum absolute atomic E-state index is 0.00750. The second kappa shape index (κ2) is 5.30. The van der Waals surface area contributed by atoms with Gasteiger partial charge in [0, 0.05) is 5.69 Å². The van der Waals surface area contributed by atoms with E-state index in [2.05, 4.69) is 24.9 Å². The molecule has 0 N–H and O–H groups in total. The van der Waals surface area contributed by atoms with E-state index in [1.165, 1.54) is 0 Å². The van der Waals surface area contributed by atoms with Gasteiger partial charge in [0.15, 0.2) is 0 Å². The van der Waals surface area contributed by atoms with Gasteiger partial charge in [-0.3, -0.25) is 4.79 Å². The van der Waals surface area contributed by atoms with E-state index in [0.29, 0.717) is 11.6 Å². The fraction of sp³-hybridized carbons (Fsp3) is 0.429. The Hall–Kier alpha value is -1.38. The van der Waals surface area contributed by atoms with E-state index in [1.807, 2.05) is 28.6 Å². The van der Waals surface area contributed by atoms with Crippen LogP contribution in [0.2, 0.25) is 0 Å². The third-order valence-corrected chi connectivity index (χ3v) is 2.80. The van der Waals surface area contributed by atoms with Crippen molar-refractivity contribution in [3.8, 4) is 0 Å². The minimum atomic E-state index is 0.00750. The average Bonchev–Trinajstić information content (AvgIpc) is 2.20. The van der Waals surface area contributed by atoms with Crippen molar-refractivity contribution < 1.29 is 4.79 Å². The Balaban J connectivity index is 3.32. The van der Waals surface area contributed by atoms with Crippen LogP contribution in [0.15, 0.2) is 17.7 Å². The molecule has 1 heterocycles. The highest BCUT2D eigenvalue weighted by Crippen LogP contribution is 2.13. The van der Waals surface area contributed by atoms with Crippen molar-refractivity contribution in [2.45, 2.75) is 40.5 Å². The van der Waals surface area contributed by atoms with E-state index >= 15 is 0 Å². The van der Waals surface area contributed by atoms with Crippen LogP contribution in [0, 0.1) is 6.92 Å². The minimum Gasteiger partial charge on any atom is -0.288 e. The molecular formula is C14H20BNO. The first-order valence-corrected chi connectivity index (χ1v) is 6.00. The molecule has 0 aliphatic rings. The summed E-state index contributed by atoms with van der Waals surface area (Å²) in [4.78, 5) is 16.6. The van der Waals surface area contributed by atoms with E-state index in [4.69, 9.17) is 0 Å². The molecular weight excluding hydrogens is 209 g/mol. The molecule has 0 bridgehead atoms. The molecule has 90 valence electrons. The lowest BCUT2D eigenvalue weighted by Gasteiger charge is -2.11. The number of carbonyl (C=O) groups excluding carboxylic acids is 1. The topological polar surface area (TPSA) is 30.0 Å². The van der Waals surface area contributed by atoms with Crippen LogP contribution in [-0.4, -0.2) is 18.6 Å². The summed E-state index contributed by atoms with van der Waals surface area (Å²) in [6.45, 7) is 10.1. The zero-order valence-electron chi connectivity index (χ0n) is 11.6. The van der Waals surface area contributed by atoms with Crippen molar-refractivity contribution >= 4 is 19.1 Å². The van der Waals surface area contributed by atoms with Gasteiger partial charge in [-0.15, -0.1) is 0 Å². The molecule has 0 amide bonds. The Morgan fingerprint density at radius 1 is 1.41 bits per heavy atom. The zero-order chi connectivity index (χ0) is 13.2. The quantitative estimate of drug-likeness (QED) is 0.450. The van der Waals surface area contributed by atoms with Crippen LogP contribution in [-0.2, 0) is 0 Å². The molecule has 2 nitrogen and oxygen atoms in total. The van der Waals surface area contributed by atoms with E-state index in [1.54, 1.807) is 6.08 Å². The Morgan fingerprint density at radius 2 is 2.00 bits per heavy atom. The maximum absolute atomic E-state index is 12.1. The molecule has 1 aromatic heterocycles. The van der Waals surface area contributed by atoms with E-state index < -0.39 is 0 Å². The van der Waals surface area contributed by atoms with Crippen molar-refractivity contribution in [2.75, 3.05) is 0 Å². The number of rotatable bonds is 3. The molecule has 0 spiro atoms. The number of pyridine rings is 1. The first-order valence-electron chi connectivity index (χ1n) is 6.00. The van der Waals surface area contributed by atoms with Gasteiger partial charge in [0.2, 0.25) is 5.78 Å². The summed E-state index contributed by atoms with van der Waals surface area (Å²) >= 11 is 0. The van der Waals surface area contributed by atoms with Crippen LogP contribution >= 0.6 is 0 Å². The summed E-state index contributed by atoms with van der Waals surface area (Å²) < 4.78 is 0. The zero-order valence-corrected chi connectivity index (χ0v) is 11.6. The lowest BCUT2D eigenvalue weighted by molar-refractivity contribution is 0.104. The van der Waals surface area contributed by atoms with Crippen molar-refractivity contribution in [1.29, 1.82) is 0 Å². The summed E-state index contributed by atoms with van der Waals surface area (Å²) in [7, 11) is 1.96. The number of hydrogen-bond donors (Lipinski definition) is 0. The van der Waals surface area contributed by atoms with Crippen molar-refractivity contribution in [2.24, 2.45) is 0 Å². The average molecular weight is 229 g/mol. The van der Waals surface area contributed by atoms with Crippen LogP contribution in [0.1, 0.15) is 55.4 Å². The van der Waals surface area contributed by atoms with Crippen LogP contribution in [0.4, 0.5) is 0 Å². The van der Waals surface area contributed by atoms with Gasteiger partial charge in [-0.05, 0) is 38.8 Å². The summed E-state index contributed by atoms with van der Waals surface area (Å²) in [5.74, 6) is 0.348.